The number of nitrogens with one attached hydrogen (secondary N) is 2. The van der Waals surface area contributed by atoms with Crippen LogP contribution in [0.4, 0.5) is 5.00 Å². The summed E-state index contributed by atoms with van der Waals surface area (Å²) in [6.07, 6.45) is 3.02. The molecule has 2 atom stereocenters. The van der Waals surface area contributed by atoms with Crippen molar-refractivity contribution in [2.45, 2.75) is 45.6 Å². The second kappa shape index (κ2) is 9.23. The van der Waals surface area contributed by atoms with Crippen molar-refractivity contribution >= 4 is 38.0 Å². The molecule has 0 spiro atoms. The highest BCUT2D eigenvalue weighted by molar-refractivity contribution is 7.91. The van der Waals surface area contributed by atoms with E-state index in [2.05, 4.69) is 17.6 Å². The summed E-state index contributed by atoms with van der Waals surface area (Å²) in [4.78, 5) is 27.5. The van der Waals surface area contributed by atoms with E-state index in [0.717, 1.165) is 29.7 Å². The van der Waals surface area contributed by atoms with Crippen LogP contribution in [0.25, 0.3) is 0 Å². The highest BCUT2D eigenvalue weighted by Crippen LogP contribution is 2.40. The van der Waals surface area contributed by atoms with Gasteiger partial charge >= 0.3 is 0 Å². The zero-order valence-electron chi connectivity index (χ0n) is 18.3. The summed E-state index contributed by atoms with van der Waals surface area (Å²) < 4.78 is 29.2. The lowest BCUT2D eigenvalue weighted by Gasteiger charge is -2.19. The summed E-state index contributed by atoms with van der Waals surface area (Å²) in [5.41, 5.74) is 1.85. The van der Waals surface area contributed by atoms with E-state index in [9.17, 15) is 18.0 Å². The molecule has 4 rings (SSSR count). The fraction of sp³-hybridized carbons (Fsp3) is 0.478. The molecule has 2 amide bonds. The number of para-hydroxylation sites is 1. The Balaban J connectivity index is 1.63. The Morgan fingerprint density at radius 2 is 1.97 bits per heavy atom. The lowest BCUT2D eigenvalue weighted by Crippen LogP contribution is -2.36. The summed E-state index contributed by atoms with van der Waals surface area (Å²) in [5.74, 6) is 0.412. The molecule has 0 radical (unpaired) electrons. The van der Waals surface area contributed by atoms with Crippen molar-refractivity contribution in [3.63, 3.8) is 0 Å². The fourth-order valence-electron chi connectivity index (χ4n) is 4.35. The predicted molar refractivity (Wildman–Crippen MR) is 126 cm³/mol. The number of anilines is 1. The number of rotatable bonds is 6. The van der Waals surface area contributed by atoms with Crippen LogP contribution < -0.4 is 15.4 Å². The number of fused-ring (bicyclic) bond motifs is 1. The van der Waals surface area contributed by atoms with Gasteiger partial charge in [-0.3, -0.25) is 9.59 Å². The van der Waals surface area contributed by atoms with Gasteiger partial charge in [0, 0.05) is 10.9 Å². The van der Waals surface area contributed by atoms with Crippen molar-refractivity contribution in [1.29, 1.82) is 0 Å². The molecule has 172 valence electrons. The van der Waals surface area contributed by atoms with Crippen molar-refractivity contribution in [2.24, 2.45) is 5.92 Å². The first-order chi connectivity index (χ1) is 15.3. The van der Waals surface area contributed by atoms with Crippen LogP contribution in [0.2, 0.25) is 0 Å². The van der Waals surface area contributed by atoms with Gasteiger partial charge in [0.15, 0.2) is 9.84 Å². The predicted octanol–water partition coefficient (Wildman–Crippen LogP) is 3.44. The summed E-state index contributed by atoms with van der Waals surface area (Å²) in [6, 6.07) is 6.62. The van der Waals surface area contributed by atoms with Gasteiger partial charge in [0.05, 0.1) is 29.2 Å². The second-order valence-electron chi connectivity index (χ2n) is 8.51. The maximum Gasteiger partial charge on any atom is 0.260 e. The standard InChI is InChI=1S/C23H28N2O5S2/c1-3-30-18-7-5-4-6-16(18)21(26)25-23-20(17-9-8-14(2)12-19(17)31-23)22(27)24-15-10-11-32(28,29)13-15/h4-7,14-15H,3,8-13H2,1-2H3,(H,24,27)(H,25,26)/t14-,15+/m0/s1. The number of ether oxygens (including phenoxy) is 1. The van der Waals surface area contributed by atoms with E-state index >= 15 is 0 Å². The van der Waals surface area contributed by atoms with Crippen LogP contribution in [0, 0.1) is 5.92 Å². The molecule has 1 aromatic heterocycles. The normalized spacial score (nSPS) is 21.6. The topological polar surface area (TPSA) is 102 Å². The number of amides is 2. The molecule has 1 fully saturated rings. The molecular weight excluding hydrogens is 448 g/mol. The van der Waals surface area contributed by atoms with Crippen molar-refractivity contribution in [1.82, 2.24) is 5.32 Å². The first-order valence-electron chi connectivity index (χ1n) is 11.0. The highest BCUT2D eigenvalue weighted by Gasteiger charge is 2.33. The molecule has 2 aromatic rings. The molecule has 2 heterocycles. The number of sulfone groups is 1. The van der Waals surface area contributed by atoms with Crippen molar-refractivity contribution in [2.75, 3.05) is 23.4 Å². The van der Waals surface area contributed by atoms with E-state index in [1.54, 1.807) is 18.2 Å². The van der Waals surface area contributed by atoms with Gasteiger partial charge in [-0.2, -0.15) is 0 Å². The zero-order valence-corrected chi connectivity index (χ0v) is 19.9. The molecule has 0 saturated carbocycles. The van der Waals surface area contributed by atoms with Crippen LogP contribution in [-0.2, 0) is 22.7 Å². The van der Waals surface area contributed by atoms with Gasteiger partial charge in [-0.15, -0.1) is 11.3 Å². The average molecular weight is 477 g/mol. The minimum absolute atomic E-state index is 0.0362. The molecule has 7 nitrogen and oxygen atoms in total. The fourth-order valence-corrected chi connectivity index (χ4v) is 7.43. The molecule has 1 aliphatic heterocycles. The first kappa shape index (κ1) is 22.8. The van der Waals surface area contributed by atoms with Crippen LogP contribution in [0.1, 0.15) is 57.8 Å². The van der Waals surface area contributed by atoms with Crippen molar-refractivity contribution < 1.29 is 22.7 Å². The number of thiophene rings is 1. The second-order valence-corrected chi connectivity index (χ2v) is 11.8. The summed E-state index contributed by atoms with van der Waals surface area (Å²) in [6.45, 7) is 4.48. The Hall–Kier alpha value is -2.39. The Kier molecular flexibility index (Phi) is 6.57. The monoisotopic (exact) mass is 476 g/mol. The summed E-state index contributed by atoms with van der Waals surface area (Å²) in [7, 11) is -3.11. The molecule has 2 aliphatic rings. The molecule has 0 bridgehead atoms. The van der Waals surface area contributed by atoms with Gasteiger partial charge in [-0.1, -0.05) is 19.1 Å². The summed E-state index contributed by atoms with van der Waals surface area (Å²) >= 11 is 1.44. The smallest absolute Gasteiger partial charge is 0.260 e. The SMILES string of the molecule is CCOc1ccccc1C(=O)Nc1sc2c(c1C(=O)N[C@@H]1CCS(=O)(=O)C1)CC[C@H](C)C2. The van der Waals surface area contributed by atoms with Gasteiger partial charge in [0.25, 0.3) is 11.8 Å². The van der Waals surface area contributed by atoms with Crippen LogP contribution in [-0.4, -0.2) is 44.4 Å². The molecular formula is C23H28N2O5S2. The third-order valence-electron chi connectivity index (χ3n) is 5.96. The van der Waals surface area contributed by atoms with Crippen molar-refractivity contribution in [3.05, 3.63) is 45.8 Å². The molecule has 0 unspecified atom stereocenters. The van der Waals surface area contributed by atoms with Gasteiger partial charge < -0.3 is 15.4 Å². The lowest BCUT2D eigenvalue weighted by molar-refractivity contribution is 0.0941. The van der Waals surface area contributed by atoms with Crippen LogP contribution in [0.5, 0.6) is 5.75 Å². The molecule has 1 saturated heterocycles. The van der Waals surface area contributed by atoms with Gasteiger partial charge in [-0.05, 0) is 56.2 Å². The summed E-state index contributed by atoms with van der Waals surface area (Å²) in [5, 5.41) is 6.35. The largest absolute Gasteiger partial charge is 0.493 e. The Bertz CT molecular complexity index is 1140. The molecule has 2 N–H and O–H groups in total. The third kappa shape index (κ3) is 4.83. The van der Waals surface area contributed by atoms with Gasteiger partial charge in [0.1, 0.15) is 10.8 Å². The third-order valence-corrected chi connectivity index (χ3v) is 8.90. The highest BCUT2D eigenvalue weighted by atomic mass is 32.2. The molecule has 9 heteroatoms. The number of carbonyl (C=O) groups excluding carboxylic acids is 2. The molecule has 1 aliphatic carbocycles. The van der Waals surface area contributed by atoms with Crippen LogP contribution in [0.15, 0.2) is 24.3 Å². The average Bonchev–Trinajstić information content (AvgIpc) is 3.26. The number of benzene rings is 1. The maximum absolute atomic E-state index is 13.3. The quantitative estimate of drug-likeness (QED) is 0.665. The van der Waals surface area contributed by atoms with Crippen LogP contribution >= 0.6 is 11.3 Å². The zero-order chi connectivity index (χ0) is 22.9. The van der Waals surface area contributed by atoms with E-state index in [4.69, 9.17) is 4.74 Å². The minimum Gasteiger partial charge on any atom is -0.493 e. The van der Waals surface area contributed by atoms with Crippen molar-refractivity contribution in [3.8, 4) is 5.75 Å². The number of hydrogen-bond acceptors (Lipinski definition) is 6. The van der Waals surface area contributed by atoms with Gasteiger partial charge in [0.2, 0.25) is 0 Å². The molecule has 32 heavy (non-hydrogen) atoms. The maximum atomic E-state index is 13.3. The van der Waals surface area contributed by atoms with E-state index < -0.39 is 15.9 Å². The molecule has 1 aromatic carbocycles. The van der Waals surface area contributed by atoms with E-state index in [-0.39, 0.29) is 23.3 Å². The van der Waals surface area contributed by atoms with E-state index in [1.807, 2.05) is 13.0 Å². The Morgan fingerprint density at radius 3 is 2.69 bits per heavy atom. The Morgan fingerprint density at radius 1 is 1.19 bits per heavy atom. The van der Waals surface area contributed by atoms with Gasteiger partial charge in [-0.25, -0.2) is 8.42 Å². The Labute approximate surface area is 192 Å². The minimum atomic E-state index is -3.11. The number of carbonyl (C=O) groups is 2. The van der Waals surface area contributed by atoms with E-state index in [0.29, 0.717) is 40.8 Å². The van der Waals surface area contributed by atoms with E-state index in [1.165, 1.54) is 11.3 Å². The van der Waals surface area contributed by atoms with Crippen LogP contribution in [0.3, 0.4) is 0 Å². The first-order valence-corrected chi connectivity index (χ1v) is 13.6. The number of hydrogen-bond donors (Lipinski definition) is 2. The lowest BCUT2D eigenvalue weighted by atomic mass is 9.88.